The highest BCUT2D eigenvalue weighted by atomic mass is 16.5. The van der Waals surface area contributed by atoms with Crippen LogP contribution in [0.3, 0.4) is 0 Å². The van der Waals surface area contributed by atoms with Gasteiger partial charge >= 0.3 is 5.97 Å². The molecule has 0 bridgehead atoms. The van der Waals surface area contributed by atoms with Crippen LogP contribution in [0.2, 0.25) is 0 Å². The third kappa shape index (κ3) is 3.05. The summed E-state index contributed by atoms with van der Waals surface area (Å²) in [7, 11) is 1.33. The van der Waals surface area contributed by atoms with E-state index in [1.165, 1.54) is 23.4 Å². The van der Waals surface area contributed by atoms with Crippen molar-refractivity contribution < 1.29 is 14.3 Å². The number of aromatic nitrogens is 5. The summed E-state index contributed by atoms with van der Waals surface area (Å²) in [6.45, 7) is 1.84. The first-order valence-electron chi connectivity index (χ1n) is 8.63. The molecule has 4 rings (SSSR count). The van der Waals surface area contributed by atoms with Gasteiger partial charge in [0.2, 0.25) is 5.91 Å². The Morgan fingerprint density at radius 2 is 1.89 bits per heavy atom. The van der Waals surface area contributed by atoms with Crippen LogP contribution >= 0.6 is 0 Å². The predicted molar refractivity (Wildman–Crippen MR) is 102 cm³/mol. The lowest BCUT2D eigenvalue weighted by molar-refractivity contribution is 0.0588. The molecule has 0 aliphatic carbocycles. The molecule has 0 aliphatic rings. The summed E-state index contributed by atoms with van der Waals surface area (Å²) in [4.78, 5) is 24.1. The topological polar surface area (TPSA) is 91.9 Å². The fourth-order valence-electron chi connectivity index (χ4n) is 3.10. The summed E-state index contributed by atoms with van der Waals surface area (Å²) in [5.41, 5.74) is 3.05. The van der Waals surface area contributed by atoms with E-state index in [1.807, 2.05) is 36.4 Å². The summed E-state index contributed by atoms with van der Waals surface area (Å²) in [6.07, 6.45) is 1.60. The summed E-state index contributed by atoms with van der Waals surface area (Å²) in [6, 6.07) is 15.1. The number of carbonyl (C=O) groups excluding carboxylic acids is 2. The highest BCUT2D eigenvalue weighted by Gasteiger charge is 2.23. The fourth-order valence-corrected chi connectivity index (χ4v) is 3.10. The van der Waals surface area contributed by atoms with Gasteiger partial charge in [0.25, 0.3) is 0 Å². The molecule has 0 saturated carbocycles. The third-order valence-corrected chi connectivity index (χ3v) is 4.43. The van der Waals surface area contributed by atoms with E-state index in [-0.39, 0.29) is 11.6 Å². The van der Waals surface area contributed by atoms with Crippen molar-refractivity contribution in [3.63, 3.8) is 0 Å². The number of benzene rings is 2. The van der Waals surface area contributed by atoms with Crippen LogP contribution in [0.1, 0.15) is 27.8 Å². The zero-order valence-corrected chi connectivity index (χ0v) is 15.4. The standard InChI is InChI=1S/C20H17N5O3/c1-13(26)25-17-9-8-15(10-16(17)11-21-25)18-19(20(27)28-2)24(23-22-18)12-14-6-4-3-5-7-14/h3-11H,12H2,1-2H3. The van der Waals surface area contributed by atoms with Gasteiger partial charge in [0.1, 0.15) is 5.69 Å². The summed E-state index contributed by atoms with van der Waals surface area (Å²) in [5.74, 6) is -0.692. The van der Waals surface area contributed by atoms with Crippen molar-refractivity contribution in [1.82, 2.24) is 24.8 Å². The zero-order valence-electron chi connectivity index (χ0n) is 15.4. The smallest absolute Gasteiger partial charge is 0.358 e. The van der Waals surface area contributed by atoms with Gasteiger partial charge in [-0.1, -0.05) is 41.6 Å². The summed E-state index contributed by atoms with van der Waals surface area (Å²) in [5, 5.41) is 13.2. The second-order valence-corrected chi connectivity index (χ2v) is 6.27. The van der Waals surface area contributed by atoms with Gasteiger partial charge in [-0.15, -0.1) is 5.10 Å². The van der Waals surface area contributed by atoms with Crippen molar-refractivity contribution in [1.29, 1.82) is 0 Å². The molecule has 0 N–H and O–H groups in total. The first-order chi connectivity index (χ1) is 13.6. The van der Waals surface area contributed by atoms with Crippen LogP contribution in [0.4, 0.5) is 0 Å². The molecule has 0 aliphatic heterocycles. The molecule has 2 heterocycles. The highest BCUT2D eigenvalue weighted by Crippen LogP contribution is 2.26. The van der Waals surface area contributed by atoms with Gasteiger partial charge in [0, 0.05) is 17.9 Å². The predicted octanol–water partition coefficient (Wildman–Crippen LogP) is 2.79. The Morgan fingerprint density at radius 1 is 1.11 bits per heavy atom. The van der Waals surface area contributed by atoms with Crippen LogP contribution in [-0.2, 0) is 11.3 Å². The maximum Gasteiger partial charge on any atom is 0.358 e. The average molecular weight is 375 g/mol. The Labute approximate surface area is 160 Å². The third-order valence-electron chi connectivity index (χ3n) is 4.43. The number of carbonyl (C=O) groups is 2. The number of esters is 1. The first kappa shape index (κ1) is 17.6. The number of methoxy groups -OCH3 is 1. The second kappa shape index (κ2) is 7.07. The molecular formula is C20H17N5O3. The minimum atomic E-state index is -0.518. The number of hydrogen-bond acceptors (Lipinski definition) is 6. The van der Waals surface area contributed by atoms with Gasteiger partial charge in [-0.2, -0.15) is 5.10 Å². The molecule has 0 fully saturated rings. The monoisotopic (exact) mass is 375 g/mol. The molecule has 8 heteroatoms. The number of hydrogen-bond donors (Lipinski definition) is 0. The molecule has 0 saturated heterocycles. The molecule has 0 unspecified atom stereocenters. The Morgan fingerprint density at radius 3 is 2.61 bits per heavy atom. The number of nitrogens with zero attached hydrogens (tertiary/aromatic N) is 5. The number of rotatable bonds is 4. The zero-order chi connectivity index (χ0) is 19.7. The molecule has 2 aromatic heterocycles. The van der Waals surface area contributed by atoms with Crippen molar-refractivity contribution in [2.45, 2.75) is 13.5 Å². The molecule has 4 aromatic rings. The van der Waals surface area contributed by atoms with Crippen molar-refractivity contribution in [2.24, 2.45) is 0 Å². The largest absolute Gasteiger partial charge is 0.464 e. The highest BCUT2D eigenvalue weighted by molar-refractivity contribution is 5.97. The van der Waals surface area contributed by atoms with E-state index in [0.717, 1.165) is 10.9 Å². The van der Waals surface area contributed by atoms with Crippen molar-refractivity contribution in [3.8, 4) is 11.3 Å². The van der Waals surface area contributed by atoms with Gasteiger partial charge in [-0.25, -0.2) is 14.2 Å². The molecular weight excluding hydrogens is 358 g/mol. The minimum Gasteiger partial charge on any atom is -0.464 e. The van der Waals surface area contributed by atoms with E-state index in [4.69, 9.17) is 4.74 Å². The molecule has 0 radical (unpaired) electrons. The van der Waals surface area contributed by atoms with Crippen LogP contribution in [0.15, 0.2) is 54.7 Å². The first-order valence-corrected chi connectivity index (χ1v) is 8.63. The molecule has 28 heavy (non-hydrogen) atoms. The Bertz CT molecular complexity index is 1180. The summed E-state index contributed by atoms with van der Waals surface area (Å²) >= 11 is 0. The molecule has 140 valence electrons. The second-order valence-electron chi connectivity index (χ2n) is 6.27. The minimum absolute atomic E-state index is 0.174. The van der Waals surface area contributed by atoms with Crippen molar-refractivity contribution >= 4 is 22.8 Å². The Balaban J connectivity index is 1.80. The van der Waals surface area contributed by atoms with Gasteiger partial charge in [-0.05, 0) is 17.7 Å². The van der Waals surface area contributed by atoms with Gasteiger partial charge in [0.05, 0.1) is 25.4 Å². The molecule has 0 amide bonds. The number of ether oxygens (including phenoxy) is 1. The Kier molecular flexibility index (Phi) is 4.44. The lowest BCUT2D eigenvalue weighted by Crippen LogP contribution is -2.13. The molecule has 8 nitrogen and oxygen atoms in total. The van der Waals surface area contributed by atoms with Gasteiger partial charge in [0.15, 0.2) is 5.69 Å². The summed E-state index contributed by atoms with van der Waals surface area (Å²) < 4.78 is 7.81. The van der Waals surface area contributed by atoms with Crippen LogP contribution in [0, 0.1) is 0 Å². The van der Waals surface area contributed by atoms with Crippen molar-refractivity contribution in [2.75, 3.05) is 7.11 Å². The Hall–Kier alpha value is -3.81. The van der Waals surface area contributed by atoms with Crippen molar-refractivity contribution in [3.05, 3.63) is 66.0 Å². The van der Waals surface area contributed by atoms with Crippen LogP contribution in [-0.4, -0.2) is 43.8 Å². The normalized spacial score (nSPS) is 10.9. The van der Waals surface area contributed by atoms with Gasteiger partial charge < -0.3 is 4.74 Å². The van der Waals surface area contributed by atoms with Crippen LogP contribution < -0.4 is 0 Å². The molecule has 0 atom stereocenters. The van der Waals surface area contributed by atoms with E-state index in [1.54, 1.807) is 18.3 Å². The number of fused-ring (bicyclic) bond motifs is 1. The van der Waals surface area contributed by atoms with E-state index in [0.29, 0.717) is 23.3 Å². The van der Waals surface area contributed by atoms with E-state index in [2.05, 4.69) is 15.4 Å². The lowest BCUT2D eigenvalue weighted by atomic mass is 10.1. The maximum atomic E-state index is 12.5. The van der Waals surface area contributed by atoms with Crippen LogP contribution in [0.5, 0.6) is 0 Å². The maximum absolute atomic E-state index is 12.5. The average Bonchev–Trinajstić information content (AvgIpc) is 3.32. The van der Waals surface area contributed by atoms with E-state index in [9.17, 15) is 9.59 Å². The lowest BCUT2D eigenvalue weighted by Gasteiger charge is -2.07. The fraction of sp³-hybridized carbons (Fsp3) is 0.150. The van der Waals surface area contributed by atoms with E-state index >= 15 is 0 Å². The molecule has 0 spiro atoms. The quantitative estimate of drug-likeness (QED) is 0.509. The van der Waals surface area contributed by atoms with Gasteiger partial charge in [-0.3, -0.25) is 4.79 Å². The van der Waals surface area contributed by atoms with E-state index < -0.39 is 5.97 Å². The van der Waals surface area contributed by atoms with Crippen LogP contribution in [0.25, 0.3) is 22.2 Å². The molecule has 2 aromatic carbocycles. The SMILES string of the molecule is COC(=O)c1c(-c2ccc3c(cnn3C(C)=O)c2)nnn1Cc1ccccc1.